The van der Waals surface area contributed by atoms with Crippen molar-refractivity contribution in [2.24, 2.45) is 0 Å². The van der Waals surface area contributed by atoms with Crippen LogP contribution >= 0.6 is 0 Å². The van der Waals surface area contributed by atoms with Gasteiger partial charge in [0.1, 0.15) is 0 Å². The average Bonchev–Trinajstić information content (AvgIpc) is 2.50. The summed E-state index contributed by atoms with van der Waals surface area (Å²) in [7, 11) is 1.08. The summed E-state index contributed by atoms with van der Waals surface area (Å²) in [4.78, 5) is 0. The van der Waals surface area contributed by atoms with Crippen LogP contribution in [0.25, 0.3) is 0 Å². The first-order chi connectivity index (χ1) is 10.4. The number of allylic oxidation sites excluding steroid dienone is 1. The Labute approximate surface area is 138 Å². The molecule has 0 amide bonds. The minimum atomic E-state index is 1.08. The predicted molar refractivity (Wildman–Crippen MR) is 100 cm³/mol. The van der Waals surface area contributed by atoms with Gasteiger partial charge in [-0.15, -0.1) is 5.70 Å². The van der Waals surface area contributed by atoms with Crippen molar-refractivity contribution in [3.63, 3.8) is 0 Å². The zero-order valence-corrected chi connectivity index (χ0v) is 16.0. The molecule has 0 aromatic heterocycles. The minimum Gasteiger partial charge on any atom is -0.103 e. The lowest BCUT2D eigenvalue weighted by Crippen LogP contribution is -1.86. The summed E-state index contributed by atoms with van der Waals surface area (Å²) in [5.74, 6) is 0. The molecule has 0 saturated carbocycles. The molecule has 1 heteroatoms. The lowest BCUT2D eigenvalue weighted by Gasteiger charge is -2.01. The molecule has 0 spiro atoms. The van der Waals surface area contributed by atoms with Gasteiger partial charge in [0, 0.05) is 0 Å². The van der Waals surface area contributed by atoms with Crippen LogP contribution in [0.15, 0.2) is 11.8 Å². The molecule has 0 rings (SSSR count). The fraction of sp³-hybridized carbons (Fsp3) is 0.900. The van der Waals surface area contributed by atoms with Crippen LogP contribution in [-0.4, -0.2) is 9.52 Å². The van der Waals surface area contributed by atoms with Gasteiger partial charge in [0.25, 0.3) is 0 Å². The van der Waals surface area contributed by atoms with E-state index < -0.39 is 0 Å². The molecule has 0 aliphatic carbocycles. The highest BCUT2D eigenvalue weighted by molar-refractivity contribution is 6.41. The lowest BCUT2D eigenvalue weighted by molar-refractivity contribution is 0.562. The fourth-order valence-electron chi connectivity index (χ4n) is 2.65. The first kappa shape index (κ1) is 21.0. The Balaban J connectivity index is 3.00. The lowest BCUT2D eigenvalue weighted by atomic mass is 10.1. The number of hydrogen-bond acceptors (Lipinski definition) is 0. The molecule has 0 aliphatic heterocycles. The maximum absolute atomic E-state index is 2.44. The van der Waals surface area contributed by atoms with Crippen LogP contribution in [0.1, 0.15) is 110 Å². The van der Waals surface area contributed by atoms with Crippen LogP contribution in [0.4, 0.5) is 0 Å². The van der Waals surface area contributed by atoms with Crippen LogP contribution in [0, 0.1) is 0 Å². The quantitative estimate of drug-likeness (QED) is 0.192. The summed E-state index contributed by atoms with van der Waals surface area (Å²) in [6.45, 7) is 4.58. The first-order valence-corrected chi connectivity index (χ1v) is 11.1. The van der Waals surface area contributed by atoms with Gasteiger partial charge in [-0.2, -0.15) is 0 Å². The van der Waals surface area contributed by atoms with E-state index in [-0.39, 0.29) is 0 Å². The Hall–Kier alpha value is -0.0431. The molecule has 0 fully saturated rings. The summed E-state index contributed by atoms with van der Waals surface area (Å²) in [6.07, 6.45) is 23.9. The molecule has 2 radical (unpaired) electrons. The molecule has 0 N–H and O–H groups in total. The first-order valence-electron chi connectivity index (χ1n) is 9.80. The van der Waals surface area contributed by atoms with Crippen molar-refractivity contribution in [2.45, 2.75) is 116 Å². The number of hydrogen-bond donors (Lipinski definition) is 0. The molecule has 0 atom stereocenters. The second-order valence-corrected chi connectivity index (χ2v) is 7.63. The zero-order valence-electron chi connectivity index (χ0n) is 15.0. The summed E-state index contributed by atoms with van der Waals surface area (Å²) in [5, 5.41) is 0. The van der Waals surface area contributed by atoms with Crippen molar-refractivity contribution in [3.8, 4) is 0 Å². The topological polar surface area (TPSA) is 0 Å². The molecular weight excluding hydrogens is 268 g/mol. The molecule has 0 saturated heterocycles. The fourth-order valence-corrected chi connectivity index (χ4v) is 3.61. The van der Waals surface area contributed by atoms with Gasteiger partial charge in [-0.05, 0) is 12.8 Å². The van der Waals surface area contributed by atoms with Gasteiger partial charge in [-0.1, -0.05) is 109 Å². The van der Waals surface area contributed by atoms with E-state index in [1.165, 1.54) is 102 Å². The third-order valence-electron chi connectivity index (χ3n) is 4.13. The minimum absolute atomic E-state index is 1.08. The van der Waals surface area contributed by atoms with Crippen LogP contribution < -0.4 is 0 Å². The Morgan fingerprint density at radius 1 is 0.571 bits per heavy atom. The molecule has 0 unspecified atom stereocenters. The molecule has 0 aromatic rings. The van der Waals surface area contributed by atoms with E-state index in [0.717, 1.165) is 9.52 Å². The Morgan fingerprint density at radius 2 is 1.05 bits per heavy atom. The van der Waals surface area contributed by atoms with Crippen LogP contribution in [0.2, 0.25) is 6.04 Å². The average molecular weight is 309 g/mol. The van der Waals surface area contributed by atoms with Gasteiger partial charge in [0.05, 0.1) is 9.52 Å². The number of unbranched alkanes of at least 4 members (excludes halogenated alkanes) is 13. The Kier molecular flexibility index (Phi) is 19.9. The van der Waals surface area contributed by atoms with Crippen molar-refractivity contribution in [1.29, 1.82) is 0 Å². The maximum Gasteiger partial charge on any atom is 0.0698 e. The molecule has 124 valence electrons. The summed E-state index contributed by atoms with van der Waals surface area (Å²) >= 11 is 0. The molecule has 21 heavy (non-hydrogen) atoms. The SMILES string of the molecule is CCCCCC/C=C/[Si]CCCCCCCCCCCC. The highest BCUT2D eigenvalue weighted by Gasteiger charge is 1.92. The maximum atomic E-state index is 2.44. The second kappa shape index (κ2) is 20.0. The summed E-state index contributed by atoms with van der Waals surface area (Å²) < 4.78 is 0. The highest BCUT2D eigenvalue weighted by Crippen LogP contribution is 2.11. The molecule has 0 aliphatic rings. The van der Waals surface area contributed by atoms with Crippen molar-refractivity contribution < 1.29 is 0 Å². The summed E-state index contributed by atoms with van der Waals surface area (Å²) in [6, 6.07) is 1.43. The van der Waals surface area contributed by atoms with E-state index in [2.05, 4.69) is 25.6 Å². The largest absolute Gasteiger partial charge is 0.103 e. The Bertz CT molecular complexity index is 198. The molecule has 0 heterocycles. The van der Waals surface area contributed by atoms with Gasteiger partial charge in [-0.3, -0.25) is 0 Å². The Morgan fingerprint density at radius 3 is 1.62 bits per heavy atom. The van der Waals surface area contributed by atoms with Gasteiger partial charge in [-0.25, -0.2) is 0 Å². The predicted octanol–water partition coefficient (Wildman–Crippen LogP) is 7.51. The van der Waals surface area contributed by atoms with Gasteiger partial charge < -0.3 is 0 Å². The van der Waals surface area contributed by atoms with Gasteiger partial charge in [0.15, 0.2) is 0 Å². The van der Waals surface area contributed by atoms with E-state index in [1.807, 2.05) is 0 Å². The summed E-state index contributed by atoms with van der Waals surface area (Å²) in [5.41, 5.74) is 2.44. The molecule has 0 nitrogen and oxygen atoms in total. The van der Waals surface area contributed by atoms with Crippen molar-refractivity contribution in [2.75, 3.05) is 0 Å². The van der Waals surface area contributed by atoms with Crippen LogP contribution in [0.5, 0.6) is 0 Å². The van der Waals surface area contributed by atoms with Crippen molar-refractivity contribution >= 4 is 9.52 Å². The van der Waals surface area contributed by atoms with Crippen LogP contribution in [-0.2, 0) is 0 Å². The van der Waals surface area contributed by atoms with Crippen LogP contribution in [0.3, 0.4) is 0 Å². The van der Waals surface area contributed by atoms with Gasteiger partial charge >= 0.3 is 0 Å². The van der Waals surface area contributed by atoms with E-state index in [4.69, 9.17) is 0 Å². The monoisotopic (exact) mass is 308 g/mol. The van der Waals surface area contributed by atoms with E-state index in [0.29, 0.717) is 0 Å². The third-order valence-corrected chi connectivity index (χ3v) is 5.25. The second-order valence-electron chi connectivity index (χ2n) is 6.39. The van der Waals surface area contributed by atoms with E-state index in [1.54, 1.807) is 0 Å². The van der Waals surface area contributed by atoms with Crippen molar-refractivity contribution in [3.05, 3.63) is 11.8 Å². The van der Waals surface area contributed by atoms with E-state index >= 15 is 0 Å². The molecule has 0 aromatic carbocycles. The third kappa shape index (κ3) is 20.0. The van der Waals surface area contributed by atoms with Crippen molar-refractivity contribution in [1.82, 2.24) is 0 Å². The number of rotatable bonds is 17. The van der Waals surface area contributed by atoms with Gasteiger partial charge in [0.2, 0.25) is 0 Å². The normalized spacial score (nSPS) is 11.5. The highest BCUT2D eigenvalue weighted by atomic mass is 28.2. The smallest absolute Gasteiger partial charge is 0.0698 e. The zero-order chi connectivity index (χ0) is 15.4. The van der Waals surface area contributed by atoms with E-state index in [9.17, 15) is 0 Å². The molecule has 0 bridgehead atoms. The molecular formula is C20H40Si. The standard InChI is InChI=1S/C20H40Si/c1-3-5-7-9-11-12-13-14-16-18-20-21-19-17-15-10-8-6-4-2/h17,19H,3-16,18,20H2,1-2H3/b19-17+.